The first kappa shape index (κ1) is 52.1. The van der Waals surface area contributed by atoms with Gasteiger partial charge in [-0.1, -0.05) is 6.07 Å². The number of alkyl halides is 3. The van der Waals surface area contributed by atoms with Gasteiger partial charge in [0.25, 0.3) is 5.91 Å². The molecule has 1 spiro atoms. The summed E-state index contributed by atoms with van der Waals surface area (Å²) in [5, 5.41) is 10.2. The number of carbonyl (C=O) groups excluding carboxylic acids is 3. The number of imide groups is 1. The number of ether oxygens (including phenoxy) is 6. The predicted octanol–water partition coefficient (Wildman–Crippen LogP) is 6.82. The number of benzene rings is 2. The molecule has 1 N–H and O–H groups in total. The fraction of sp³-hybridized carbons (Fsp3) is 0.622. The molecule has 2 aromatic rings. The third kappa shape index (κ3) is 13.4. The molecule has 0 saturated carbocycles. The lowest BCUT2D eigenvalue weighted by Crippen LogP contribution is -2.52. The molecule has 0 aromatic heterocycles. The smallest absolute Gasteiger partial charge is 0.420 e. The number of nitrogens with zero attached hydrogens (tertiary/aromatic N) is 4. The largest absolute Gasteiger partial charge is 0.493 e. The van der Waals surface area contributed by atoms with Crippen molar-refractivity contribution in [3.05, 3.63) is 64.2 Å². The Balaban J connectivity index is 1.25. The number of carbonyl (C=O) groups is 4. The van der Waals surface area contributed by atoms with E-state index in [1.807, 2.05) is 0 Å². The number of amides is 3. The van der Waals surface area contributed by atoms with Crippen LogP contribution in [0.3, 0.4) is 0 Å². The van der Waals surface area contributed by atoms with E-state index < -0.39 is 86.4 Å². The first-order valence-corrected chi connectivity index (χ1v) is 23.2. The second-order valence-electron chi connectivity index (χ2n) is 19.1. The van der Waals surface area contributed by atoms with Crippen molar-refractivity contribution in [2.75, 3.05) is 52.3 Å². The summed E-state index contributed by atoms with van der Waals surface area (Å²) >= 11 is 0. The molecule has 66 heavy (non-hydrogen) atoms. The van der Waals surface area contributed by atoms with Crippen molar-refractivity contribution in [2.45, 2.75) is 129 Å². The van der Waals surface area contributed by atoms with Crippen molar-refractivity contribution in [1.29, 1.82) is 0 Å². The van der Waals surface area contributed by atoms with Crippen molar-refractivity contribution < 1.29 is 74.3 Å². The number of likely N-dealkylation sites (N-methyl/N-ethyl adjacent to an activating group) is 1. The van der Waals surface area contributed by atoms with Crippen molar-refractivity contribution in [3.8, 4) is 5.75 Å². The van der Waals surface area contributed by atoms with Gasteiger partial charge in [0, 0.05) is 38.7 Å². The van der Waals surface area contributed by atoms with Crippen LogP contribution in [0.25, 0.3) is 0 Å². The van der Waals surface area contributed by atoms with Crippen LogP contribution in [-0.2, 0) is 51.1 Å². The Morgan fingerprint density at radius 2 is 1.58 bits per heavy atom. The Morgan fingerprint density at radius 1 is 0.939 bits per heavy atom. The molecule has 2 aromatic carbocycles. The third-order valence-electron chi connectivity index (χ3n) is 10.9. The lowest BCUT2D eigenvalue weighted by molar-refractivity contribution is -0.151. The average Bonchev–Trinajstić information content (AvgIpc) is 3.64. The lowest BCUT2D eigenvalue weighted by Gasteiger charge is -2.35. The Hall–Kier alpha value is -4.83. The summed E-state index contributed by atoms with van der Waals surface area (Å²) in [6.07, 6.45) is -8.59. The summed E-state index contributed by atoms with van der Waals surface area (Å²) in [4.78, 5) is 57.4. The summed E-state index contributed by atoms with van der Waals surface area (Å²) in [6.45, 7) is 15.5. The molecule has 0 aliphatic carbocycles. The Morgan fingerprint density at radius 3 is 2.17 bits per heavy atom. The Kier molecular flexibility index (Phi) is 15.6. The molecule has 3 aliphatic heterocycles. The van der Waals surface area contributed by atoms with E-state index in [0.717, 1.165) is 12.1 Å². The van der Waals surface area contributed by atoms with Crippen molar-refractivity contribution in [1.82, 2.24) is 14.1 Å². The van der Waals surface area contributed by atoms with E-state index in [4.69, 9.17) is 28.4 Å². The van der Waals surface area contributed by atoms with Crippen LogP contribution in [0.5, 0.6) is 5.75 Å². The minimum Gasteiger partial charge on any atom is -0.493 e. The van der Waals surface area contributed by atoms with Crippen LogP contribution in [0.1, 0.15) is 107 Å². The summed E-state index contributed by atoms with van der Waals surface area (Å²) in [6, 6.07) is 7.45. The normalized spacial score (nSPS) is 20.0. The molecule has 2 fully saturated rings. The number of piperidine rings is 1. The molecule has 2 atom stereocenters. The Bertz CT molecular complexity index is 2280. The maximum absolute atomic E-state index is 14.3. The predicted molar refractivity (Wildman–Crippen MR) is 234 cm³/mol. The molecule has 21 heteroatoms. The van der Waals surface area contributed by atoms with Crippen LogP contribution >= 0.6 is 0 Å². The van der Waals surface area contributed by atoms with Crippen molar-refractivity contribution in [3.63, 3.8) is 0 Å². The Labute approximate surface area is 383 Å². The molecular formula is C45H61F3N4O13S. The number of hydrogen-bond acceptors (Lipinski definition) is 13. The third-order valence-corrected chi connectivity index (χ3v) is 12.8. The fourth-order valence-corrected chi connectivity index (χ4v) is 9.11. The molecule has 3 heterocycles. The first-order chi connectivity index (χ1) is 30.4. The number of carboxylic acid groups (broad SMARTS) is 1. The molecule has 366 valence electrons. The van der Waals surface area contributed by atoms with Gasteiger partial charge in [-0.05, 0) is 123 Å². The van der Waals surface area contributed by atoms with E-state index >= 15 is 0 Å². The van der Waals surface area contributed by atoms with Gasteiger partial charge in [0.15, 0.2) is 5.79 Å². The molecule has 17 nitrogen and oxygen atoms in total. The van der Waals surface area contributed by atoms with Crippen molar-refractivity contribution in [2.24, 2.45) is 4.99 Å². The molecule has 3 amide bonds. The van der Waals surface area contributed by atoms with E-state index in [2.05, 4.69) is 4.99 Å². The zero-order valence-electron chi connectivity index (χ0n) is 39.1. The van der Waals surface area contributed by atoms with Gasteiger partial charge in [-0.15, -0.1) is 0 Å². The van der Waals surface area contributed by atoms with Crippen LogP contribution in [-0.4, -0.2) is 145 Å². The zero-order chi connectivity index (χ0) is 49.2. The summed E-state index contributed by atoms with van der Waals surface area (Å²) < 4.78 is 106. The highest BCUT2D eigenvalue weighted by Crippen LogP contribution is 2.39. The van der Waals surface area contributed by atoms with Crippen LogP contribution in [0, 0.1) is 6.92 Å². The van der Waals surface area contributed by atoms with Gasteiger partial charge < -0.3 is 38.4 Å². The zero-order valence-corrected chi connectivity index (χ0v) is 39.9. The van der Waals surface area contributed by atoms with Gasteiger partial charge in [0.2, 0.25) is 10.0 Å². The van der Waals surface area contributed by atoms with E-state index in [0.29, 0.717) is 27.7 Å². The number of aryl methyl sites for hydroxylation is 2. The minimum absolute atomic E-state index is 0.0705. The number of hydrogen-bond donors (Lipinski definition) is 1. The monoisotopic (exact) mass is 954 g/mol. The first-order valence-electron chi connectivity index (χ1n) is 21.6. The second kappa shape index (κ2) is 19.8. The van der Waals surface area contributed by atoms with Crippen LogP contribution in [0.2, 0.25) is 0 Å². The number of amidine groups is 1. The lowest BCUT2D eigenvalue weighted by atomic mass is 9.88. The molecule has 2 saturated heterocycles. The van der Waals surface area contributed by atoms with Crippen LogP contribution < -0.4 is 4.74 Å². The highest BCUT2D eigenvalue weighted by Gasteiger charge is 2.53. The fourth-order valence-electron chi connectivity index (χ4n) is 7.64. The highest BCUT2D eigenvalue weighted by molar-refractivity contribution is 7.89. The van der Waals surface area contributed by atoms with E-state index in [-0.39, 0.29) is 82.2 Å². The molecule has 0 unspecified atom stereocenters. The van der Waals surface area contributed by atoms with Gasteiger partial charge in [-0.25, -0.2) is 27.1 Å². The standard InChI is InChI=1S/C45H61F3N4O13S/c1-28-23-30(37(53)64-41(2,3)4)12-11-29(28)14-22-66(58,59)51-17-15-44(16-18-51)38(54)52(39(55)56)36(49-44)31-24-32(45(46,47)48)26-33(25-31)61-20-13-34-35(63-43(8,9)62-34)27-60-21-19-50(10)40(57)65-42(5,6)7/h11-12,23-26,34-35H,13-22,27H2,1-10H3,(H,55,56)/t34-,35+/m0/s1. The second-order valence-corrected chi connectivity index (χ2v) is 21.2. The van der Waals surface area contributed by atoms with E-state index in [1.165, 1.54) is 9.21 Å². The molecule has 0 radical (unpaired) electrons. The molecule has 5 rings (SSSR count). The number of esters is 1. The van der Waals surface area contributed by atoms with Gasteiger partial charge in [0.05, 0.1) is 42.8 Å². The van der Waals surface area contributed by atoms with E-state index in [9.17, 15) is 45.9 Å². The summed E-state index contributed by atoms with van der Waals surface area (Å²) in [5.41, 5.74) is -2.93. The topological polar surface area (TPSA) is 200 Å². The quantitative estimate of drug-likeness (QED) is 0.144. The SMILES string of the molecule is Cc1cc(C(=O)OC(C)(C)C)ccc1CCS(=O)(=O)N1CCC2(CC1)N=C(c1cc(OCC[C@@H]3OC(C)(C)O[C@@H]3COCCN(C)C(=O)OC(C)(C)C)cc(C(F)(F)F)c1)N(C(=O)O)C2=O. The highest BCUT2D eigenvalue weighted by atomic mass is 32.2. The maximum atomic E-state index is 14.3. The molecular weight excluding hydrogens is 894 g/mol. The van der Waals surface area contributed by atoms with Gasteiger partial charge in [-0.2, -0.15) is 18.1 Å². The number of halogens is 3. The van der Waals surface area contributed by atoms with Gasteiger partial charge in [-0.3, -0.25) is 9.79 Å². The van der Waals surface area contributed by atoms with Crippen LogP contribution in [0.4, 0.5) is 22.8 Å². The van der Waals surface area contributed by atoms with E-state index in [1.54, 1.807) is 87.6 Å². The summed E-state index contributed by atoms with van der Waals surface area (Å²) in [7, 11) is -2.33. The summed E-state index contributed by atoms with van der Waals surface area (Å²) in [5.74, 6) is -3.66. The minimum atomic E-state index is -4.91. The average molecular weight is 955 g/mol. The van der Waals surface area contributed by atoms with Crippen LogP contribution in [0.15, 0.2) is 41.4 Å². The van der Waals surface area contributed by atoms with Gasteiger partial charge >= 0.3 is 24.3 Å². The maximum Gasteiger partial charge on any atom is 0.420 e. The van der Waals surface area contributed by atoms with Crippen molar-refractivity contribution >= 4 is 39.9 Å². The number of aliphatic imine (C=N–C) groups is 1. The number of sulfonamides is 1. The molecule has 3 aliphatic rings. The molecule has 0 bridgehead atoms. The van der Waals surface area contributed by atoms with Gasteiger partial charge in [0.1, 0.15) is 34.4 Å². The number of rotatable bonds is 15.